The second kappa shape index (κ2) is 5.69. The monoisotopic (exact) mass is 254 g/mol. The van der Waals surface area contributed by atoms with Gasteiger partial charge in [0.15, 0.2) is 0 Å². The maximum Gasteiger partial charge on any atom is 0.322 e. The first kappa shape index (κ1) is 13.3. The normalized spacial score (nSPS) is 29.2. The molecule has 0 radical (unpaired) electrons. The van der Waals surface area contributed by atoms with Gasteiger partial charge in [-0.1, -0.05) is 26.2 Å². The Kier molecular flexibility index (Phi) is 4.22. The zero-order valence-electron chi connectivity index (χ0n) is 11.0. The van der Waals surface area contributed by atoms with E-state index in [4.69, 9.17) is 4.74 Å². The van der Waals surface area contributed by atoms with Crippen LogP contribution in [-0.2, 0) is 9.53 Å². The number of rotatable bonds is 5. The lowest BCUT2D eigenvalue weighted by Gasteiger charge is -2.37. The van der Waals surface area contributed by atoms with E-state index in [1.54, 1.807) is 0 Å². The summed E-state index contributed by atoms with van der Waals surface area (Å²) in [6.45, 7) is 3.50. The van der Waals surface area contributed by atoms with Crippen LogP contribution >= 0.6 is 0 Å². The molecule has 2 N–H and O–H groups in total. The molecule has 2 fully saturated rings. The molecule has 5 nitrogen and oxygen atoms in total. The second-order valence-corrected chi connectivity index (χ2v) is 5.22. The van der Waals surface area contributed by atoms with Crippen LogP contribution in [0.5, 0.6) is 0 Å². The molecule has 2 aliphatic rings. The first-order valence-corrected chi connectivity index (χ1v) is 6.90. The summed E-state index contributed by atoms with van der Waals surface area (Å²) < 4.78 is 5.35. The molecule has 0 aromatic heterocycles. The maximum absolute atomic E-state index is 12.2. The average Bonchev–Trinajstić information content (AvgIpc) is 2.67. The van der Waals surface area contributed by atoms with Crippen LogP contribution in [0.1, 0.15) is 45.4 Å². The number of ether oxygens (including phenoxy) is 1. The molecule has 0 spiro atoms. The van der Waals surface area contributed by atoms with Crippen molar-refractivity contribution in [2.45, 2.75) is 51.0 Å². The Morgan fingerprint density at radius 1 is 1.28 bits per heavy atom. The summed E-state index contributed by atoms with van der Waals surface area (Å²) in [6.07, 6.45) is 5.61. The van der Waals surface area contributed by atoms with Crippen LogP contribution in [-0.4, -0.2) is 30.7 Å². The summed E-state index contributed by atoms with van der Waals surface area (Å²) >= 11 is 0. The molecule has 2 heterocycles. The number of hydrogen-bond donors (Lipinski definition) is 2. The lowest BCUT2D eigenvalue weighted by Crippen LogP contribution is -2.54. The number of urea groups is 1. The van der Waals surface area contributed by atoms with Crippen LogP contribution in [0, 0.1) is 5.92 Å². The van der Waals surface area contributed by atoms with Crippen molar-refractivity contribution in [2.24, 2.45) is 5.92 Å². The van der Waals surface area contributed by atoms with Crippen molar-refractivity contribution in [3.63, 3.8) is 0 Å². The molecule has 1 atom stereocenters. The second-order valence-electron chi connectivity index (χ2n) is 5.22. The lowest BCUT2D eigenvalue weighted by atomic mass is 9.75. The number of hydrogen-bond acceptors (Lipinski definition) is 3. The van der Waals surface area contributed by atoms with Crippen molar-refractivity contribution < 1.29 is 14.3 Å². The van der Waals surface area contributed by atoms with Crippen molar-refractivity contribution in [1.29, 1.82) is 0 Å². The molecule has 2 saturated heterocycles. The smallest absolute Gasteiger partial charge is 0.322 e. The van der Waals surface area contributed by atoms with E-state index >= 15 is 0 Å². The van der Waals surface area contributed by atoms with Gasteiger partial charge in [0.2, 0.25) is 0 Å². The van der Waals surface area contributed by atoms with Crippen molar-refractivity contribution in [3.8, 4) is 0 Å². The molecule has 0 aromatic rings. The van der Waals surface area contributed by atoms with Crippen molar-refractivity contribution in [2.75, 3.05) is 13.2 Å². The minimum Gasteiger partial charge on any atom is -0.381 e. The van der Waals surface area contributed by atoms with E-state index in [1.165, 1.54) is 0 Å². The van der Waals surface area contributed by atoms with Crippen LogP contribution in [0.2, 0.25) is 0 Å². The largest absolute Gasteiger partial charge is 0.381 e. The molecule has 0 aromatic carbocycles. The summed E-state index contributed by atoms with van der Waals surface area (Å²) in [5.41, 5.74) is -0.684. The van der Waals surface area contributed by atoms with Gasteiger partial charge < -0.3 is 10.1 Å². The molecule has 5 heteroatoms. The van der Waals surface area contributed by atoms with Gasteiger partial charge in [-0.05, 0) is 25.2 Å². The first-order valence-electron chi connectivity index (χ1n) is 6.90. The molecular weight excluding hydrogens is 232 g/mol. The molecule has 2 rings (SSSR count). The molecule has 18 heavy (non-hydrogen) atoms. The average molecular weight is 254 g/mol. The van der Waals surface area contributed by atoms with E-state index in [2.05, 4.69) is 17.6 Å². The van der Waals surface area contributed by atoms with Crippen molar-refractivity contribution in [3.05, 3.63) is 0 Å². The topological polar surface area (TPSA) is 67.4 Å². The highest BCUT2D eigenvalue weighted by molar-refractivity contribution is 6.07. The number of unbranched alkanes of at least 4 members (excludes halogenated alkanes) is 2. The van der Waals surface area contributed by atoms with Crippen LogP contribution in [0.4, 0.5) is 4.79 Å². The Morgan fingerprint density at radius 3 is 2.56 bits per heavy atom. The molecule has 2 aliphatic heterocycles. The SMILES string of the molecule is CCCCC[C@@]1(C2CCOCC2)NC(=O)NC1=O. The number of imide groups is 1. The molecule has 102 valence electrons. The third-order valence-electron chi connectivity index (χ3n) is 4.06. The number of carbonyl (C=O) groups excluding carboxylic acids is 2. The Labute approximate surface area is 108 Å². The van der Waals surface area contributed by atoms with E-state index in [0.29, 0.717) is 13.2 Å². The molecular formula is C13H22N2O3. The van der Waals surface area contributed by atoms with E-state index in [0.717, 1.165) is 38.5 Å². The van der Waals surface area contributed by atoms with Crippen molar-refractivity contribution >= 4 is 11.9 Å². The van der Waals surface area contributed by atoms with Crippen molar-refractivity contribution in [1.82, 2.24) is 10.6 Å². The minimum atomic E-state index is -0.684. The fourth-order valence-corrected chi connectivity index (χ4v) is 3.02. The molecule has 0 bridgehead atoms. The van der Waals surface area contributed by atoms with Gasteiger partial charge in [0.25, 0.3) is 5.91 Å². The highest BCUT2D eigenvalue weighted by atomic mass is 16.5. The van der Waals surface area contributed by atoms with E-state index in [1.807, 2.05) is 0 Å². The summed E-state index contributed by atoms with van der Waals surface area (Å²) in [6, 6.07) is -0.344. The summed E-state index contributed by atoms with van der Waals surface area (Å²) in [4.78, 5) is 23.6. The van der Waals surface area contributed by atoms with Gasteiger partial charge in [-0.3, -0.25) is 10.1 Å². The molecule has 3 amide bonds. The number of nitrogens with one attached hydrogen (secondary N) is 2. The zero-order chi connectivity index (χ0) is 13.0. The Bertz CT molecular complexity index is 326. The fraction of sp³-hybridized carbons (Fsp3) is 0.846. The predicted molar refractivity (Wildman–Crippen MR) is 67.1 cm³/mol. The predicted octanol–water partition coefficient (Wildman–Crippen LogP) is 1.57. The Morgan fingerprint density at radius 2 is 2.00 bits per heavy atom. The summed E-state index contributed by atoms with van der Waals surface area (Å²) in [5.74, 6) is 0.0602. The zero-order valence-corrected chi connectivity index (χ0v) is 11.0. The third kappa shape index (κ3) is 2.51. The van der Waals surface area contributed by atoms with E-state index in [9.17, 15) is 9.59 Å². The van der Waals surface area contributed by atoms with Crippen LogP contribution in [0.3, 0.4) is 0 Å². The quantitative estimate of drug-likeness (QED) is 0.578. The fourth-order valence-electron chi connectivity index (χ4n) is 3.02. The molecule has 0 aliphatic carbocycles. The molecule has 0 unspecified atom stereocenters. The lowest BCUT2D eigenvalue weighted by molar-refractivity contribution is -0.127. The Balaban J connectivity index is 2.10. The number of amides is 3. The highest BCUT2D eigenvalue weighted by Crippen LogP contribution is 2.34. The molecule has 0 saturated carbocycles. The van der Waals surface area contributed by atoms with Gasteiger partial charge in [-0.2, -0.15) is 0 Å². The van der Waals surface area contributed by atoms with Crippen LogP contribution in [0.15, 0.2) is 0 Å². The minimum absolute atomic E-state index is 0.143. The van der Waals surface area contributed by atoms with Gasteiger partial charge in [0.1, 0.15) is 5.54 Å². The van der Waals surface area contributed by atoms with Gasteiger partial charge in [-0.15, -0.1) is 0 Å². The van der Waals surface area contributed by atoms with Gasteiger partial charge in [0, 0.05) is 13.2 Å². The standard InChI is InChI=1S/C13H22N2O3/c1-2-3-4-7-13(10-5-8-18-9-6-10)11(16)14-12(17)15-13/h10H,2-9H2,1H3,(H2,14,15,16,17)/t13-/m0/s1. The summed E-state index contributed by atoms with van der Waals surface area (Å²) in [5, 5.41) is 5.29. The summed E-state index contributed by atoms with van der Waals surface area (Å²) in [7, 11) is 0. The van der Waals surface area contributed by atoms with Gasteiger partial charge in [-0.25, -0.2) is 4.79 Å². The van der Waals surface area contributed by atoms with Gasteiger partial charge in [0.05, 0.1) is 0 Å². The van der Waals surface area contributed by atoms with Gasteiger partial charge >= 0.3 is 6.03 Å². The van der Waals surface area contributed by atoms with Crippen LogP contribution < -0.4 is 10.6 Å². The van der Waals surface area contributed by atoms with Crippen LogP contribution in [0.25, 0.3) is 0 Å². The van der Waals surface area contributed by atoms with E-state index in [-0.39, 0.29) is 17.9 Å². The highest BCUT2D eigenvalue weighted by Gasteiger charge is 2.51. The Hall–Kier alpha value is -1.10. The number of carbonyl (C=O) groups is 2. The van der Waals surface area contributed by atoms with E-state index < -0.39 is 5.54 Å². The third-order valence-corrected chi connectivity index (χ3v) is 4.06. The first-order chi connectivity index (χ1) is 8.69. The maximum atomic E-state index is 12.2.